The van der Waals surface area contributed by atoms with Gasteiger partial charge in [0.25, 0.3) is 0 Å². The second kappa shape index (κ2) is 10.1. The first kappa shape index (κ1) is 24.4. The highest BCUT2D eigenvalue weighted by Crippen LogP contribution is 2.29. The number of hydrogen-bond acceptors (Lipinski definition) is 7. The fourth-order valence-electron chi connectivity index (χ4n) is 3.07. The fraction of sp³-hybridized carbons (Fsp3) is 0.227. The van der Waals surface area contributed by atoms with Gasteiger partial charge in [0, 0.05) is 18.2 Å². The van der Waals surface area contributed by atoms with Crippen molar-refractivity contribution < 1.29 is 22.7 Å². The summed E-state index contributed by atoms with van der Waals surface area (Å²) in [5, 5.41) is 15.9. The van der Waals surface area contributed by atoms with Crippen LogP contribution in [-0.4, -0.2) is 46.2 Å². The molecule has 0 saturated heterocycles. The van der Waals surface area contributed by atoms with E-state index in [2.05, 4.69) is 20.5 Å². The Morgan fingerprint density at radius 2 is 1.85 bits per heavy atom. The van der Waals surface area contributed by atoms with Crippen LogP contribution in [-0.2, 0) is 18.1 Å². The van der Waals surface area contributed by atoms with Crippen molar-refractivity contribution in [2.24, 2.45) is 22.4 Å². The van der Waals surface area contributed by atoms with Gasteiger partial charge in [0.1, 0.15) is 12.8 Å². The third-order valence-electron chi connectivity index (χ3n) is 4.65. The largest absolute Gasteiger partial charge is 0.467 e. The van der Waals surface area contributed by atoms with Crippen LogP contribution in [0.4, 0.5) is 13.2 Å². The van der Waals surface area contributed by atoms with E-state index in [-0.39, 0.29) is 23.0 Å². The number of oxime groups is 1. The van der Waals surface area contributed by atoms with Crippen molar-refractivity contribution in [1.29, 1.82) is 0 Å². The molecule has 3 rings (SSSR count). The lowest BCUT2D eigenvalue weighted by atomic mass is 10.0. The highest BCUT2D eigenvalue weighted by molar-refractivity contribution is 6.47. The molecule has 0 amide bonds. The molecule has 34 heavy (non-hydrogen) atoms. The summed E-state index contributed by atoms with van der Waals surface area (Å²) in [6.07, 6.45) is -3.11. The van der Waals surface area contributed by atoms with Gasteiger partial charge in [0.05, 0.1) is 30.3 Å². The normalized spacial score (nSPS) is 12.9. The SMILES string of the molecule is CO/N=C(/C(C)=N/N=C/c1ccccc1-n1c(OC)nn(C)c1=O)c1cccc(C(F)(F)F)c1. The highest BCUT2D eigenvalue weighted by Gasteiger charge is 2.31. The molecule has 0 radical (unpaired) electrons. The minimum absolute atomic E-state index is 0.0872. The van der Waals surface area contributed by atoms with Crippen LogP contribution in [0.1, 0.15) is 23.6 Å². The maximum atomic E-state index is 13.1. The first-order valence-electron chi connectivity index (χ1n) is 9.83. The summed E-state index contributed by atoms with van der Waals surface area (Å²) >= 11 is 0. The van der Waals surface area contributed by atoms with Crippen LogP contribution in [0.2, 0.25) is 0 Å². The van der Waals surface area contributed by atoms with E-state index in [1.807, 2.05) is 0 Å². The quantitative estimate of drug-likeness (QED) is 0.387. The number of halogens is 3. The van der Waals surface area contributed by atoms with Gasteiger partial charge in [-0.15, -0.1) is 5.10 Å². The van der Waals surface area contributed by atoms with Crippen molar-refractivity contribution in [3.63, 3.8) is 0 Å². The second-order valence-electron chi connectivity index (χ2n) is 6.92. The van der Waals surface area contributed by atoms with Crippen molar-refractivity contribution >= 4 is 17.6 Å². The van der Waals surface area contributed by atoms with Gasteiger partial charge in [-0.3, -0.25) is 0 Å². The van der Waals surface area contributed by atoms with Gasteiger partial charge in [-0.05, 0) is 25.1 Å². The Bertz CT molecular complexity index is 1320. The van der Waals surface area contributed by atoms with Gasteiger partial charge < -0.3 is 9.57 Å². The van der Waals surface area contributed by atoms with Gasteiger partial charge >= 0.3 is 17.9 Å². The first-order chi connectivity index (χ1) is 16.2. The molecule has 1 heterocycles. The number of para-hydroxylation sites is 1. The molecule has 0 fully saturated rings. The van der Waals surface area contributed by atoms with Crippen LogP contribution in [0, 0.1) is 0 Å². The number of aryl methyl sites for hydroxylation is 1. The van der Waals surface area contributed by atoms with Crippen LogP contribution in [0.3, 0.4) is 0 Å². The van der Waals surface area contributed by atoms with E-state index in [9.17, 15) is 18.0 Å². The van der Waals surface area contributed by atoms with E-state index in [4.69, 9.17) is 9.57 Å². The number of rotatable bonds is 7. The molecule has 12 heteroatoms. The smallest absolute Gasteiger partial charge is 0.416 e. The number of aromatic nitrogens is 3. The third kappa shape index (κ3) is 5.22. The zero-order chi connectivity index (χ0) is 24.9. The molecule has 0 unspecified atom stereocenters. The molecular formula is C22H21F3N6O3. The molecule has 0 N–H and O–H groups in total. The lowest BCUT2D eigenvalue weighted by Gasteiger charge is -2.10. The van der Waals surface area contributed by atoms with Crippen molar-refractivity contribution in [3.8, 4) is 11.7 Å². The van der Waals surface area contributed by atoms with Crippen LogP contribution < -0.4 is 10.4 Å². The van der Waals surface area contributed by atoms with Gasteiger partial charge in [-0.1, -0.05) is 35.5 Å². The van der Waals surface area contributed by atoms with Crippen molar-refractivity contribution in [2.45, 2.75) is 13.1 Å². The molecule has 9 nitrogen and oxygen atoms in total. The molecule has 3 aromatic rings. The summed E-state index contributed by atoms with van der Waals surface area (Å²) < 4.78 is 46.9. The summed E-state index contributed by atoms with van der Waals surface area (Å²) in [6.45, 7) is 1.54. The first-order valence-corrected chi connectivity index (χ1v) is 9.83. The molecule has 0 aliphatic heterocycles. The molecule has 0 atom stereocenters. The van der Waals surface area contributed by atoms with E-state index in [1.54, 1.807) is 24.3 Å². The van der Waals surface area contributed by atoms with Gasteiger partial charge in [0.2, 0.25) is 0 Å². The molecule has 0 aliphatic rings. The zero-order valence-electron chi connectivity index (χ0n) is 18.7. The summed E-state index contributed by atoms with van der Waals surface area (Å²) in [6, 6.07) is 11.6. The Morgan fingerprint density at radius 1 is 1.12 bits per heavy atom. The maximum Gasteiger partial charge on any atom is 0.416 e. The van der Waals surface area contributed by atoms with Crippen LogP contribution >= 0.6 is 0 Å². The van der Waals surface area contributed by atoms with Crippen LogP contribution in [0.5, 0.6) is 6.01 Å². The van der Waals surface area contributed by atoms with Gasteiger partial charge in [-0.2, -0.15) is 23.4 Å². The predicted molar refractivity (Wildman–Crippen MR) is 121 cm³/mol. The molecule has 0 saturated carbocycles. The molecular weight excluding hydrogens is 453 g/mol. The molecule has 0 aliphatic carbocycles. The average molecular weight is 474 g/mol. The molecule has 1 aromatic heterocycles. The van der Waals surface area contributed by atoms with E-state index >= 15 is 0 Å². The number of benzene rings is 2. The Hall–Kier alpha value is -4.22. The maximum absolute atomic E-state index is 13.1. The van der Waals surface area contributed by atoms with Gasteiger partial charge in [0.15, 0.2) is 0 Å². The van der Waals surface area contributed by atoms with E-state index < -0.39 is 17.4 Å². The monoisotopic (exact) mass is 474 g/mol. The molecule has 0 bridgehead atoms. The summed E-state index contributed by atoms with van der Waals surface area (Å²) in [5.74, 6) is 0. The van der Waals surface area contributed by atoms with Crippen molar-refractivity contribution in [2.75, 3.05) is 14.2 Å². The van der Waals surface area contributed by atoms with Crippen molar-refractivity contribution in [3.05, 3.63) is 75.7 Å². The predicted octanol–water partition coefficient (Wildman–Crippen LogP) is 3.44. The third-order valence-corrected chi connectivity index (χ3v) is 4.65. The number of ether oxygens (including phenoxy) is 1. The molecule has 0 spiro atoms. The van der Waals surface area contributed by atoms with E-state index in [0.717, 1.165) is 16.8 Å². The van der Waals surface area contributed by atoms with Gasteiger partial charge in [-0.25, -0.2) is 14.0 Å². The Kier molecular flexibility index (Phi) is 7.29. The topological polar surface area (TPSA) is 95.4 Å². The summed E-state index contributed by atoms with van der Waals surface area (Å²) in [5.41, 5.74) is 0.205. The molecule has 178 valence electrons. The summed E-state index contributed by atoms with van der Waals surface area (Å²) in [4.78, 5) is 17.3. The number of methoxy groups -OCH3 is 1. The van der Waals surface area contributed by atoms with Crippen molar-refractivity contribution in [1.82, 2.24) is 14.3 Å². The number of nitrogens with zero attached hydrogens (tertiary/aromatic N) is 6. The lowest BCUT2D eigenvalue weighted by Crippen LogP contribution is -2.22. The minimum Gasteiger partial charge on any atom is -0.467 e. The standard InChI is InChI=1S/C22H21F3N6O3/c1-14(19(29-34-4)15-9-7-10-17(12-15)22(23,24)25)27-26-13-16-8-5-6-11-18(16)31-20(33-3)28-30(2)21(31)32/h5-13H,1-4H3/b26-13+,27-14+,29-19-. The Balaban J connectivity index is 1.97. The fourth-order valence-corrected chi connectivity index (χ4v) is 3.07. The Morgan fingerprint density at radius 3 is 2.53 bits per heavy atom. The lowest BCUT2D eigenvalue weighted by molar-refractivity contribution is -0.137. The van der Waals surface area contributed by atoms with E-state index in [0.29, 0.717) is 11.3 Å². The summed E-state index contributed by atoms with van der Waals surface area (Å²) in [7, 11) is 4.17. The molecule has 2 aromatic carbocycles. The van der Waals surface area contributed by atoms with Crippen LogP contribution in [0.25, 0.3) is 5.69 Å². The number of alkyl halides is 3. The zero-order valence-corrected chi connectivity index (χ0v) is 18.7. The van der Waals surface area contributed by atoms with E-state index in [1.165, 1.54) is 51.1 Å². The minimum atomic E-state index is -4.51. The highest BCUT2D eigenvalue weighted by atomic mass is 19.4. The average Bonchev–Trinajstić information content (AvgIpc) is 3.10. The Labute approximate surface area is 192 Å². The van der Waals surface area contributed by atoms with Crippen LogP contribution in [0.15, 0.2) is 68.7 Å². The second-order valence-corrected chi connectivity index (χ2v) is 6.92. The number of hydrogen-bond donors (Lipinski definition) is 0.